The molecule has 0 amide bonds. The van der Waals surface area contributed by atoms with E-state index in [4.69, 9.17) is 16.3 Å². The number of carbonyl (C=O) groups is 1. The Bertz CT molecular complexity index is 821. The number of ether oxygens (including phenoxy) is 1. The Morgan fingerprint density at radius 1 is 1.41 bits per heavy atom. The predicted molar refractivity (Wildman–Crippen MR) is 89.5 cm³/mol. The van der Waals surface area contributed by atoms with Crippen molar-refractivity contribution in [2.45, 2.75) is 13.5 Å². The molecule has 0 aliphatic carbocycles. The van der Waals surface area contributed by atoms with Crippen molar-refractivity contribution in [3.63, 3.8) is 0 Å². The molecule has 0 N–H and O–H groups in total. The number of aromatic nitrogens is 2. The summed E-state index contributed by atoms with van der Waals surface area (Å²) in [4.78, 5) is 18.4. The van der Waals surface area contributed by atoms with E-state index in [9.17, 15) is 4.79 Å². The molecule has 0 fully saturated rings. The zero-order valence-electron chi connectivity index (χ0n) is 12.3. The quantitative estimate of drug-likeness (QED) is 0.525. The highest BCUT2D eigenvalue weighted by molar-refractivity contribution is 7.20. The lowest BCUT2D eigenvalue weighted by molar-refractivity contribution is 0.104. The normalized spacial score (nSPS) is 11.0. The molecule has 3 heterocycles. The van der Waals surface area contributed by atoms with Gasteiger partial charge in [-0.2, -0.15) is 0 Å². The van der Waals surface area contributed by atoms with Crippen LogP contribution in [0.5, 0.6) is 5.88 Å². The van der Waals surface area contributed by atoms with E-state index in [-0.39, 0.29) is 5.78 Å². The van der Waals surface area contributed by atoms with Gasteiger partial charge in [0.1, 0.15) is 4.83 Å². The molecule has 114 valence electrons. The molecule has 0 atom stereocenters. The molecule has 0 spiro atoms. The van der Waals surface area contributed by atoms with Gasteiger partial charge >= 0.3 is 0 Å². The summed E-state index contributed by atoms with van der Waals surface area (Å²) in [5.74, 6) is 1.03. The lowest BCUT2D eigenvalue weighted by atomic mass is 10.1. The Kier molecular flexibility index (Phi) is 4.18. The topological polar surface area (TPSA) is 44.1 Å². The summed E-state index contributed by atoms with van der Waals surface area (Å²) in [5, 5.41) is 1.08. The third kappa shape index (κ3) is 2.62. The van der Waals surface area contributed by atoms with Crippen LogP contribution in [0.1, 0.15) is 20.9 Å². The summed E-state index contributed by atoms with van der Waals surface area (Å²) in [6.07, 6.45) is 1.55. The van der Waals surface area contributed by atoms with Crippen molar-refractivity contribution in [3.05, 3.63) is 46.6 Å². The maximum Gasteiger partial charge on any atom is 0.212 e. The average molecular weight is 335 g/mol. The first kappa shape index (κ1) is 15.1. The lowest BCUT2D eigenvalue weighted by Crippen LogP contribution is -2.01. The monoisotopic (exact) mass is 334 g/mol. The number of pyridine rings is 1. The molecule has 0 aromatic carbocycles. The number of hydrogen-bond acceptors (Lipinski definition) is 4. The molecule has 3 rings (SSSR count). The number of aryl methyl sites for hydroxylation is 2. The number of thiophene rings is 1. The molecular weight excluding hydrogens is 320 g/mol. The molecule has 0 bridgehead atoms. The number of nitrogens with zero attached hydrogens (tertiary/aromatic N) is 2. The summed E-state index contributed by atoms with van der Waals surface area (Å²) >= 11 is 7.35. The minimum atomic E-state index is -0.0218. The maximum absolute atomic E-state index is 12.6. The fourth-order valence-corrected chi connectivity index (χ4v) is 3.78. The van der Waals surface area contributed by atoms with E-state index in [0.717, 1.165) is 22.5 Å². The first-order valence-corrected chi connectivity index (χ1v) is 8.19. The number of halogens is 1. The van der Waals surface area contributed by atoms with E-state index in [1.54, 1.807) is 25.4 Å². The van der Waals surface area contributed by atoms with E-state index in [2.05, 4.69) is 15.6 Å². The van der Waals surface area contributed by atoms with Crippen LogP contribution in [0.4, 0.5) is 0 Å². The van der Waals surface area contributed by atoms with Gasteiger partial charge in [-0.15, -0.1) is 22.9 Å². The van der Waals surface area contributed by atoms with Gasteiger partial charge in [0, 0.05) is 41.3 Å². The van der Waals surface area contributed by atoms with Gasteiger partial charge in [0.15, 0.2) is 0 Å². The van der Waals surface area contributed by atoms with Crippen LogP contribution < -0.4 is 4.74 Å². The summed E-state index contributed by atoms with van der Waals surface area (Å²) in [5.41, 5.74) is 1.72. The molecule has 3 aromatic rings. The van der Waals surface area contributed by atoms with Gasteiger partial charge in [0.2, 0.25) is 11.7 Å². The highest BCUT2D eigenvalue weighted by atomic mass is 35.5. The second-order valence-electron chi connectivity index (χ2n) is 4.92. The number of rotatable bonds is 5. The van der Waals surface area contributed by atoms with Crippen molar-refractivity contribution < 1.29 is 9.53 Å². The van der Waals surface area contributed by atoms with Crippen LogP contribution in [-0.2, 0) is 6.54 Å². The minimum Gasteiger partial charge on any atom is -0.481 e. The van der Waals surface area contributed by atoms with Gasteiger partial charge in [-0.05, 0) is 25.1 Å². The molecule has 4 nitrogen and oxygen atoms in total. The fraction of sp³-hybridized carbons (Fsp3) is 0.250. The number of hydrogen-bond donors (Lipinski definition) is 0. The molecule has 0 aliphatic rings. The maximum atomic E-state index is 12.6. The van der Waals surface area contributed by atoms with E-state index < -0.39 is 0 Å². The Labute approximate surface area is 137 Å². The fourth-order valence-electron chi connectivity index (χ4n) is 2.42. The Balaban J connectivity index is 1.96. The first-order chi connectivity index (χ1) is 10.6. The van der Waals surface area contributed by atoms with Gasteiger partial charge < -0.3 is 9.30 Å². The van der Waals surface area contributed by atoms with Gasteiger partial charge in [-0.25, -0.2) is 4.98 Å². The van der Waals surface area contributed by atoms with Gasteiger partial charge in [0.25, 0.3) is 0 Å². The highest BCUT2D eigenvalue weighted by Crippen LogP contribution is 2.30. The Morgan fingerprint density at radius 3 is 2.86 bits per heavy atom. The second kappa shape index (κ2) is 6.10. The molecule has 0 radical (unpaired) electrons. The van der Waals surface area contributed by atoms with E-state index >= 15 is 0 Å². The number of methoxy groups -OCH3 is 1. The largest absolute Gasteiger partial charge is 0.481 e. The molecule has 6 heteroatoms. The first-order valence-electron chi connectivity index (χ1n) is 6.84. The predicted octanol–water partition coefficient (Wildman–Crippen LogP) is 3.88. The zero-order chi connectivity index (χ0) is 15.7. The summed E-state index contributed by atoms with van der Waals surface area (Å²) in [6, 6.07) is 7.45. The SMILES string of the molecule is COc1ccc(C(=O)c2cc3cc(C)n(CCCl)c3s2)cn1. The summed E-state index contributed by atoms with van der Waals surface area (Å²) in [7, 11) is 1.55. The smallest absolute Gasteiger partial charge is 0.212 e. The number of ketones is 1. The molecule has 22 heavy (non-hydrogen) atoms. The molecule has 0 saturated carbocycles. The van der Waals surface area contributed by atoms with Crippen LogP contribution in [-0.4, -0.2) is 28.3 Å². The van der Waals surface area contributed by atoms with Crippen LogP contribution in [0.25, 0.3) is 10.2 Å². The van der Waals surface area contributed by atoms with Gasteiger partial charge in [-0.3, -0.25) is 4.79 Å². The Hall–Kier alpha value is -1.85. The van der Waals surface area contributed by atoms with E-state index in [1.807, 2.05) is 13.0 Å². The van der Waals surface area contributed by atoms with Crippen LogP contribution in [0.3, 0.4) is 0 Å². The number of alkyl halides is 1. The van der Waals surface area contributed by atoms with Crippen molar-refractivity contribution >= 4 is 38.9 Å². The third-order valence-corrected chi connectivity index (χ3v) is 4.86. The highest BCUT2D eigenvalue weighted by Gasteiger charge is 2.16. The molecule has 0 unspecified atom stereocenters. The number of carbonyl (C=O) groups excluding carboxylic acids is 1. The van der Waals surface area contributed by atoms with Gasteiger partial charge in [0.05, 0.1) is 12.0 Å². The number of fused-ring (bicyclic) bond motifs is 1. The minimum absolute atomic E-state index is 0.0218. The third-order valence-electron chi connectivity index (χ3n) is 3.52. The molecule has 0 saturated heterocycles. The van der Waals surface area contributed by atoms with Crippen LogP contribution in [0.15, 0.2) is 30.5 Å². The summed E-state index contributed by atoms with van der Waals surface area (Å²) in [6.45, 7) is 2.79. The van der Waals surface area contributed by atoms with Crippen LogP contribution in [0, 0.1) is 6.92 Å². The van der Waals surface area contributed by atoms with Crippen molar-refractivity contribution in [1.82, 2.24) is 9.55 Å². The Morgan fingerprint density at radius 2 is 2.23 bits per heavy atom. The van der Waals surface area contributed by atoms with E-state index in [1.165, 1.54) is 11.3 Å². The van der Waals surface area contributed by atoms with Crippen molar-refractivity contribution in [3.8, 4) is 5.88 Å². The zero-order valence-corrected chi connectivity index (χ0v) is 13.9. The molecular formula is C16H15ClN2O2S. The standard InChI is InChI=1S/C16H15ClN2O2S/c1-10-7-12-8-13(22-16(12)19(10)6-5-17)15(20)11-3-4-14(21-2)18-9-11/h3-4,7-9H,5-6H2,1-2H3. The molecule has 0 aliphatic heterocycles. The van der Waals surface area contributed by atoms with Gasteiger partial charge in [-0.1, -0.05) is 0 Å². The summed E-state index contributed by atoms with van der Waals surface area (Å²) < 4.78 is 7.16. The van der Waals surface area contributed by atoms with Crippen LogP contribution >= 0.6 is 22.9 Å². The van der Waals surface area contributed by atoms with Crippen molar-refractivity contribution in [2.75, 3.05) is 13.0 Å². The van der Waals surface area contributed by atoms with Crippen molar-refractivity contribution in [1.29, 1.82) is 0 Å². The van der Waals surface area contributed by atoms with E-state index in [0.29, 0.717) is 22.2 Å². The molecule has 3 aromatic heterocycles. The second-order valence-corrected chi connectivity index (χ2v) is 6.32. The van der Waals surface area contributed by atoms with Crippen LogP contribution in [0.2, 0.25) is 0 Å². The lowest BCUT2D eigenvalue weighted by Gasteiger charge is -2.03. The average Bonchev–Trinajstić information content (AvgIpc) is 3.06. The van der Waals surface area contributed by atoms with Crippen molar-refractivity contribution in [2.24, 2.45) is 0 Å².